The van der Waals surface area contributed by atoms with Crippen molar-refractivity contribution in [2.24, 2.45) is 0 Å². The first kappa shape index (κ1) is 12.2. The number of hydrogen-bond acceptors (Lipinski definition) is 2. The van der Waals surface area contributed by atoms with E-state index in [2.05, 4.69) is 29.6 Å². The van der Waals surface area contributed by atoms with Crippen LogP contribution in [0.15, 0.2) is 24.3 Å². The average molecular weight is 245 g/mol. The Kier molecular flexibility index (Phi) is 3.40. The maximum absolute atomic E-state index is 10.4. The van der Waals surface area contributed by atoms with Gasteiger partial charge < -0.3 is 10.4 Å². The van der Waals surface area contributed by atoms with E-state index in [0.29, 0.717) is 6.04 Å². The third kappa shape index (κ3) is 2.45. The van der Waals surface area contributed by atoms with Crippen LogP contribution in [0.25, 0.3) is 0 Å². The van der Waals surface area contributed by atoms with Gasteiger partial charge >= 0.3 is 0 Å². The van der Waals surface area contributed by atoms with Crippen LogP contribution >= 0.6 is 0 Å². The van der Waals surface area contributed by atoms with Crippen molar-refractivity contribution in [1.82, 2.24) is 5.32 Å². The highest BCUT2D eigenvalue weighted by molar-refractivity contribution is 5.32. The summed E-state index contributed by atoms with van der Waals surface area (Å²) in [4.78, 5) is 0. The number of aliphatic hydroxyl groups is 1. The van der Waals surface area contributed by atoms with Gasteiger partial charge in [0.05, 0.1) is 5.60 Å². The number of nitrogens with one attached hydrogen (secondary N) is 1. The van der Waals surface area contributed by atoms with Gasteiger partial charge in [-0.05, 0) is 43.2 Å². The molecule has 0 saturated heterocycles. The molecular formula is C16H23NO. The Morgan fingerprint density at radius 3 is 2.78 bits per heavy atom. The summed E-state index contributed by atoms with van der Waals surface area (Å²) in [6, 6.07) is 9.19. The highest BCUT2D eigenvalue weighted by atomic mass is 16.3. The lowest BCUT2D eigenvalue weighted by Gasteiger charge is -2.30. The molecule has 0 bridgehead atoms. The number of benzene rings is 1. The van der Waals surface area contributed by atoms with Gasteiger partial charge in [-0.15, -0.1) is 0 Å². The van der Waals surface area contributed by atoms with Crippen LogP contribution in [0.3, 0.4) is 0 Å². The van der Waals surface area contributed by atoms with Crippen molar-refractivity contribution >= 4 is 0 Å². The molecule has 2 N–H and O–H groups in total. The van der Waals surface area contributed by atoms with Crippen molar-refractivity contribution in [2.45, 2.75) is 56.6 Å². The van der Waals surface area contributed by atoms with E-state index in [1.807, 2.05) is 0 Å². The summed E-state index contributed by atoms with van der Waals surface area (Å²) in [5.41, 5.74) is 2.50. The van der Waals surface area contributed by atoms with E-state index in [4.69, 9.17) is 0 Å². The van der Waals surface area contributed by atoms with Crippen LogP contribution in [0.1, 0.15) is 55.7 Å². The predicted octanol–water partition coefficient (Wildman–Crippen LogP) is 2.96. The van der Waals surface area contributed by atoms with Crippen LogP contribution in [0.2, 0.25) is 0 Å². The Hall–Kier alpha value is -0.860. The third-order valence-electron chi connectivity index (χ3n) is 4.58. The normalized spacial score (nSPS) is 25.9. The maximum Gasteiger partial charge on any atom is 0.0771 e. The molecule has 0 radical (unpaired) electrons. The molecule has 3 rings (SSSR count). The third-order valence-corrected chi connectivity index (χ3v) is 4.58. The second-order valence-corrected chi connectivity index (χ2v) is 5.96. The van der Waals surface area contributed by atoms with Crippen LogP contribution in [0, 0.1) is 0 Å². The molecule has 1 aromatic carbocycles. The molecule has 0 spiro atoms. The lowest BCUT2D eigenvalue weighted by Crippen LogP contribution is -2.40. The molecule has 1 atom stereocenters. The van der Waals surface area contributed by atoms with Crippen LogP contribution in [-0.2, 0) is 6.42 Å². The molecule has 0 aromatic heterocycles. The zero-order valence-electron chi connectivity index (χ0n) is 11.0. The zero-order valence-corrected chi connectivity index (χ0v) is 11.0. The molecule has 0 aliphatic heterocycles. The molecule has 98 valence electrons. The summed E-state index contributed by atoms with van der Waals surface area (Å²) < 4.78 is 0. The Balaban J connectivity index is 1.67. The minimum Gasteiger partial charge on any atom is -0.389 e. The summed E-state index contributed by atoms with van der Waals surface area (Å²) in [6.45, 7) is 0.756. The fourth-order valence-corrected chi connectivity index (χ4v) is 3.49. The predicted molar refractivity (Wildman–Crippen MR) is 73.5 cm³/mol. The second-order valence-electron chi connectivity index (χ2n) is 5.96. The van der Waals surface area contributed by atoms with Gasteiger partial charge in [-0.2, -0.15) is 0 Å². The lowest BCUT2D eigenvalue weighted by atomic mass is 9.87. The molecule has 1 fully saturated rings. The van der Waals surface area contributed by atoms with Gasteiger partial charge in [-0.3, -0.25) is 0 Å². The van der Waals surface area contributed by atoms with E-state index in [9.17, 15) is 5.11 Å². The Morgan fingerprint density at radius 2 is 1.94 bits per heavy atom. The van der Waals surface area contributed by atoms with Gasteiger partial charge in [-0.25, -0.2) is 0 Å². The van der Waals surface area contributed by atoms with E-state index in [1.54, 1.807) is 0 Å². The van der Waals surface area contributed by atoms with E-state index in [0.717, 1.165) is 19.4 Å². The summed E-state index contributed by atoms with van der Waals surface area (Å²) in [7, 11) is 0. The summed E-state index contributed by atoms with van der Waals surface area (Å²) >= 11 is 0. The Morgan fingerprint density at radius 1 is 1.17 bits per heavy atom. The summed E-state index contributed by atoms with van der Waals surface area (Å²) in [5.74, 6) is 0. The topological polar surface area (TPSA) is 32.3 Å². The van der Waals surface area contributed by atoms with Crippen molar-refractivity contribution in [3.63, 3.8) is 0 Å². The highest BCUT2D eigenvalue weighted by Crippen LogP contribution is 2.32. The first-order chi connectivity index (χ1) is 8.77. The van der Waals surface area contributed by atoms with Crippen LogP contribution in [0.5, 0.6) is 0 Å². The number of fused-ring (bicyclic) bond motifs is 1. The second kappa shape index (κ2) is 5.02. The van der Waals surface area contributed by atoms with Gasteiger partial charge in [0.1, 0.15) is 0 Å². The van der Waals surface area contributed by atoms with Crippen LogP contribution in [0.4, 0.5) is 0 Å². The highest BCUT2D eigenvalue weighted by Gasteiger charge is 2.32. The minimum atomic E-state index is -0.438. The molecule has 1 unspecified atom stereocenters. The minimum absolute atomic E-state index is 0.438. The number of hydrogen-bond donors (Lipinski definition) is 2. The lowest BCUT2D eigenvalue weighted by molar-refractivity contribution is 0.0442. The smallest absolute Gasteiger partial charge is 0.0771 e. The molecule has 0 amide bonds. The molecule has 1 aromatic rings. The first-order valence-electron chi connectivity index (χ1n) is 7.30. The van der Waals surface area contributed by atoms with E-state index in [-0.39, 0.29) is 0 Å². The first-order valence-corrected chi connectivity index (χ1v) is 7.30. The maximum atomic E-state index is 10.4. The number of aryl methyl sites for hydroxylation is 1. The van der Waals surface area contributed by atoms with Gasteiger partial charge in [0, 0.05) is 12.6 Å². The standard InChI is InChI=1S/C16H23NO/c18-16(10-3-4-11-16)12-17-15-9-5-7-13-6-1-2-8-14(13)15/h1-2,6,8,15,17-18H,3-5,7,9-12H2. The van der Waals surface area contributed by atoms with E-state index in [1.165, 1.54) is 43.2 Å². The van der Waals surface area contributed by atoms with E-state index < -0.39 is 5.60 Å². The monoisotopic (exact) mass is 245 g/mol. The molecule has 2 aliphatic carbocycles. The Bertz CT molecular complexity index is 409. The van der Waals surface area contributed by atoms with Crippen LogP contribution in [-0.4, -0.2) is 17.3 Å². The molecule has 18 heavy (non-hydrogen) atoms. The van der Waals surface area contributed by atoms with Gasteiger partial charge in [0.2, 0.25) is 0 Å². The van der Waals surface area contributed by atoms with E-state index >= 15 is 0 Å². The van der Waals surface area contributed by atoms with Gasteiger partial charge in [0.25, 0.3) is 0 Å². The molecule has 0 heterocycles. The van der Waals surface area contributed by atoms with Crippen molar-refractivity contribution in [2.75, 3.05) is 6.54 Å². The molecular weight excluding hydrogens is 222 g/mol. The van der Waals surface area contributed by atoms with Crippen molar-refractivity contribution in [3.8, 4) is 0 Å². The van der Waals surface area contributed by atoms with Crippen LogP contribution < -0.4 is 5.32 Å². The summed E-state index contributed by atoms with van der Waals surface area (Å²) in [6.07, 6.45) is 7.96. The van der Waals surface area contributed by atoms with Gasteiger partial charge in [-0.1, -0.05) is 37.1 Å². The largest absolute Gasteiger partial charge is 0.389 e. The number of rotatable bonds is 3. The van der Waals surface area contributed by atoms with Crippen molar-refractivity contribution < 1.29 is 5.11 Å². The van der Waals surface area contributed by atoms with Crippen molar-refractivity contribution in [3.05, 3.63) is 35.4 Å². The molecule has 2 heteroatoms. The van der Waals surface area contributed by atoms with Crippen molar-refractivity contribution in [1.29, 1.82) is 0 Å². The zero-order chi connectivity index (χ0) is 12.4. The average Bonchev–Trinajstić information content (AvgIpc) is 2.84. The fourth-order valence-electron chi connectivity index (χ4n) is 3.49. The molecule has 2 aliphatic rings. The molecule has 2 nitrogen and oxygen atoms in total. The fraction of sp³-hybridized carbons (Fsp3) is 0.625. The SMILES string of the molecule is OC1(CNC2CCCc3ccccc32)CCCC1. The summed E-state index contributed by atoms with van der Waals surface area (Å²) in [5, 5.41) is 14.0. The quantitative estimate of drug-likeness (QED) is 0.858. The van der Waals surface area contributed by atoms with Gasteiger partial charge in [0.15, 0.2) is 0 Å². The molecule has 1 saturated carbocycles. The Labute approximate surface area is 109 Å².